The molecule has 0 bridgehead atoms. The van der Waals surface area contributed by atoms with E-state index in [1.165, 1.54) is 27.4 Å². The Kier molecular flexibility index (Phi) is 4.35. The molecule has 5 nitrogen and oxygen atoms in total. The molecular weight excluding hydrogens is 374 g/mol. The molecule has 0 fully saturated rings. The van der Waals surface area contributed by atoms with E-state index in [-0.39, 0.29) is 0 Å². The molecule has 0 spiro atoms. The van der Waals surface area contributed by atoms with Crippen LogP contribution in [0.2, 0.25) is 0 Å². The Hall–Kier alpha value is -1.77. The molecule has 0 aliphatic carbocycles. The molecule has 25 heavy (non-hydrogen) atoms. The molecule has 8 heteroatoms. The van der Waals surface area contributed by atoms with Crippen molar-refractivity contribution in [2.45, 2.75) is 11.1 Å². The van der Waals surface area contributed by atoms with Gasteiger partial charge < -0.3 is 4.98 Å². The number of benzene rings is 1. The number of aromatic amines is 1. The van der Waals surface area contributed by atoms with E-state index in [0.717, 1.165) is 21.6 Å². The summed E-state index contributed by atoms with van der Waals surface area (Å²) in [6, 6.07) is 11.1. The summed E-state index contributed by atoms with van der Waals surface area (Å²) in [5, 5.41) is 3.62. The van der Waals surface area contributed by atoms with Crippen molar-refractivity contribution in [3.8, 4) is 0 Å². The first-order valence-corrected chi connectivity index (χ1v) is 10.9. The number of aromatic nitrogens is 1. The minimum absolute atomic E-state index is 0.345. The lowest BCUT2D eigenvalue weighted by Crippen LogP contribution is -2.30. The molecular formula is C17H15N3O2S3. The Bertz CT molecular complexity index is 1040. The lowest BCUT2D eigenvalue weighted by atomic mass is 10.2. The standard InChI is InChI=1S/C17H15N3O2S3/c1-2-20(25(21,22)15-7-4-9-23-15)14-6-3-5-12-11-13(19-16(12)14)17-18-8-10-24-17/h3-7,9,11,19H,2,8H2,1H3. The number of thioether (sulfide) groups is 1. The zero-order valence-corrected chi connectivity index (χ0v) is 15.8. The summed E-state index contributed by atoms with van der Waals surface area (Å²) in [4.78, 5) is 7.74. The van der Waals surface area contributed by atoms with Crippen LogP contribution < -0.4 is 4.31 Å². The summed E-state index contributed by atoms with van der Waals surface area (Å²) in [6.45, 7) is 2.77. The van der Waals surface area contributed by atoms with Gasteiger partial charge in [0.25, 0.3) is 10.0 Å². The van der Waals surface area contributed by atoms with Crippen molar-refractivity contribution in [3.63, 3.8) is 0 Å². The molecule has 2 radical (unpaired) electrons. The van der Waals surface area contributed by atoms with Crippen molar-refractivity contribution in [1.29, 1.82) is 0 Å². The van der Waals surface area contributed by atoms with Gasteiger partial charge in [0, 0.05) is 11.9 Å². The number of para-hydroxylation sites is 1. The van der Waals surface area contributed by atoms with Gasteiger partial charge in [0.15, 0.2) is 0 Å². The Morgan fingerprint density at radius 3 is 2.88 bits per heavy atom. The zero-order valence-electron chi connectivity index (χ0n) is 13.4. The van der Waals surface area contributed by atoms with E-state index in [1.54, 1.807) is 17.5 Å². The summed E-state index contributed by atoms with van der Waals surface area (Å²) in [5.41, 5.74) is 2.34. The van der Waals surface area contributed by atoms with Gasteiger partial charge in [-0.05, 0) is 30.5 Å². The maximum atomic E-state index is 13.0. The van der Waals surface area contributed by atoms with Crippen molar-refractivity contribution in [2.24, 2.45) is 4.99 Å². The first-order chi connectivity index (χ1) is 12.1. The molecule has 1 N–H and O–H groups in total. The fraction of sp³-hybridized carbons (Fsp3) is 0.176. The SMILES string of the molecule is CCN(c1cccc2cc(C3=NC[C]S3)[nH]c12)S(=O)(=O)c1cccs1. The molecule has 0 saturated heterocycles. The number of hydrogen-bond donors (Lipinski definition) is 1. The molecule has 4 rings (SSSR count). The summed E-state index contributed by atoms with van der Waals surface area (Å²) < 4.78 is 27.8. The van der Waals surface area contributed by atoms with Crippen LogP contribution in [0.15, 0.2) is 51.0 Å². The number of H-pyrrole nitrogens is 1. The van der Waals surface area contributed by atoms with Crippen LogP contribution in [0.1, 0.15) is 12.6 Å². The van der Waals surface area contributed by atoms with Crippen LogP contribution in [0.25, 0.3) is 10.9 Å². The Balaban J connectivity index is 1.84. The largest absolute Gasteiger partial charge is 0.351 e. The van der Waals surface area contributed by atoms with Crippen molar-refractivity contribution in [1.82, 2.24) is 4.98 Å². The number of fused-ring (bicyclic) bond motifs is 1. The Labute approximate surface area is 154 Å². The predicted molar refractivity (Wildman–Crippen MR) is 105 cm³/mol. The molecule has 3 aromatic rings. The third-order valence-electron chi connectivity index (χ3n) is 3.92. The molecule has 1 aliphatic rings. The van der Waals surface area contributed by atoms with Crippen molar-refractivity contribution < 1.29 is 8.42 Å². The monoisotopic (exact) mass is 389 g/mol. The van der Waals surface area contributed by atoms with E-state index in [9.17, 15) is 8.42 Å². The lowest BCUT2D eigenvalue weighted by molar-refractivity contribution is 0.594. The highest BCUT2D eigenvalue weighted by Crippen LogP contribution is 2.33. The fourth-order valence-corrected chi connectivity index (χ4v) is 6.03. The van der Waals surface area contributed by atoms with Crippen LogP contribution in [0, 0.1) is 5.75 Å². The van der Waals surface area contributed by atoms with Crippen LogP contribution in [0.4, 0.5) is 5.69 Å². The van der Waals surface area contributed by atoms with Crippen LogP contribution >= 0.6 is 23.1 Å². The van der Waals surface area contributed by atoms with Crippen molar-refractivity contribution in [3.05, 3.63) is 53.2 Å². The van der Waals surface area contributed by atoms with Crippen molar-refractivity contribution in [2.75, 3.05) is 17.4 Å². The zero-order chi connectivity index (χ0) is 17.4. The van der Waals surface area contributed by atoms with Crippen LogP contribution in [-0.2, 0) is 10.0 Å². The number of sulfonamides is 1. The van der Waals surface area contributed by atoms with E-state index in [1.807, 2.05) is 31.2 Å². The third-order valence-corrected chi connectivity index (χ3v) is 7.99. The van der Waals surface area contributed by atoms with Gasteiger partial charge in [0.1, 0.15) is 9.25 Å². The second-order valence-electron chi connectivity index (χ2n) is 5.39. The maximum Gasteiger partial charge on any atom is 0.273 e. The minimum atomic E-state index is -3.58. The smallest absolute Gasteiger partial charge is 0.273 e. The number of hydrogen-bond acceptors (Lipinski definition) is 5. The summed E-state index contributed by atoms with van der Waals surface area (Å²) in [5.74, 6) is 3.09. The molecule has 0 atom stereocenters. The summed E-state index contributed by atoms with van der Waals surface area (Å²) in [7, 11) is -3.58. The first-order valence-electron chi connectivity index (χ1n) is 7.74. The van der Waals surface area contributed by atoms with E-state index in [2.05, 4.69) is 15.7 Å². The van der Waals surface area contributed by atoms with Gasteiger partial charge in [-0.25, -0.2) is 8.42 Å². The first kappa shape index (κ1) is 16.7. The quantitative estimate of drug-likeness (QED) is 0.718. The number of aliphatic imine (C=N–C) groups is 1. The molecule has 0 unspecified atom stereocenters. The van der Waals surface area contributed by atoms with E-state index in [0.29, 0.717) is 23.0 Å². The van der Waals surface area contributed by atoms with Crippen molar-refractivity contribution >= 4 is 54.8 Å². The van der Waals surface area contributed by atoms with E-state index < -0.39 is 10.0 Å². The van der Waals surface area contributed by atoms with Crippen LogP contribution in [0.5, 0.6) is 0 Å². The van der Waals surface area contributed by atoms with Crippen LogP contribution in [0.3, 0.4) is 0 Å². The molecule has 1 aliphatic heterocycles. The van der Waals surface area contributed by atoms with Gasteiger partial charge in [-0.2, -0.15) is 0 Å². The number of nitrogens with zero attached hydrogens (tertiary/aromatic N) is 2. The highest BCUT2D eigenvalue weighted by atomic mass is 32.2. The second-order valence-corrected chi connectivity index (χ2v) is 9.31. The van der Waals surface area contributed by atoms with E-state index in [4.69, 9.17) is 0 Å². The normalized spacial score (nSPS) is 14.8. The van der Waals surface area contributed by atoms with Gasteiger partial charge in [-0.3, -0.25) is 9.30 Å². The Morgan fingerprint density at radius 2 is 2.20 bits per heavy atom. The molecule has 3 heterocycles. The summed E-state index contributed by atoms with van der Waals surface area (Å²) in [6.07, 6.45) is 0. The predicted octanol–water partition coefficient (Wildman–Crippen LogP) is 3.98. The second kappa shape index (κ2) is 6.51. The Morgan fingerprint density at radius 1 is 1.32 bits per heavy atom. The number of anilines is 1. The van der Waals surface area contributed by atoms with Gasteiger partial charge >= 0.3 is 0 Å². The average molecular weight is 390 g/mol. The number of nitrogens with one attached hydrogen (secondary N) is 1. The topological polar surface area (TPSA) is 65.5 Å². The van der Waals surface area contributed by atoms with Crippen LogP contribution in [-0.4, -0.2) is 31.5 Å². The fourth-order valence-electron chi connectivity index (χ4n) is 2.83. The molecule has 0 amide bonds. The van der Waals surface area contributed by atoms with Gasteiger partial charge in [-0.1, -0.05) is 30.0 Å². The molecule has 1 aromatic carbocycles. The van der Waals surface area contributed by atoms with Gasteiger partial charge in [-0.15, -0.1) is 11.3 Å². The highest BCUT2D eigenvalue weighted by molar-refractivity contribution is 8.16. The molecule has 128 valence electrons. The summed E-state index contributed by atoms with van der Waals surface area (Å²) >= 11 is 2.70. The molecule has 2 aromatic heterocycles. The lowest BCUT2D eigenvalue weighted by Gasteiger charge is -2.22. The average Bonchev–Trinajstić information content (AvgIpc) is 3.34. The number of thiophene rings is 1. The maximum absolute atomic E-state index is 13.0. The van der Waals surface area contributed by atoms with Gasteiger partial charge in [0.05, 0.1) is 29.2 Å². The molecule has 0 saturated carbocycles. The minimum Gasteiger partial charge on any atom is -0.351 e. The van der Waals surface area contributed by atoms with Gasteiger partial charge in [0.2, 0.25) is 0 Å². The van der Waals surface area contributed by atoms with E-state index >= 15 is 0 Å². The highest BCUT2D eigenvalue weighted by Gasteiger charge is 2.26. The number of rotatable bonds is 5. The third kappa shape index (κ3) is 2.88.